The summed E-state index contributed by atoms with van der Waals surface area (Å²) in [6, 6.07) is 0. The van der Waals surface area contributed by atoms with Gasteiger partial charge in [0, 0.05) is 17.8 Å². The van der Waals surface area contributed by atoms with Crippen molar-refractivity contribution < 1.29 is 9.53 Å². The summed E-state index contributed by atoms with van der Waals surface area (Å²) in [5, 5.41) is 3.14. The van der Waals surface area contributed by atoms with E-state index in [4.69, 9.17) is 4.74 Å². The molecule has 0 aliphatic carbocycles. The fraction of sp³-hybridized carbons (Fsp3) is 0.812. The molecule has 2 aliphatic heterocycles. The van der Waals surface area contributed by atoms with E-state index in [-0.39, 0.29) is 17.9 Å². The lowest BCUT2D eigenvalue weighted by Crippen LogP contribution is -2.62. The molecule has 1 N–H and O–H groups in total. The third-order valence-electron chi connectivity index (χ3n) is 4.71. The fourth-order valence-electron chi connectivity index (χ4n) is 3.35. The molecule has 0 aromatic rings. The molecular formula is C16H27NO2. The first-order valence-corrected chi connectivity index (χ1v) is 7.58. The molecule has 3 nitrogen and oxygen atoms in total. The van der Waals surface area contributed by atoms with Crippen molar-refractivity contribution in [2.75, 3.05) is 0 Å². The van der Waals surface area contributed by atoms with Crippen molar-refractivity contribution in [3.63, 3.8) is 0 Å². The van der Waals surface area contributed by atoms with Gasteiger partial charge in [-0.05, 0) is 24.8 Å². The van der Waals surface area contributed by atoms with Gasteiger partial charge in [0.1, 0.15) is 0 Å². The first-order chi connectivity index (χ1) is 8.89. The minimum Gasteiger partial charge on any atom is -0.348 e. The summed E-state index contributed by atoms with van der Waals surface area (Å²) in [7, 11) is 0. The van der Waals surface area contributed by atoms with Crippen LogP contribution in [0.3, 0.4) is 0 Å². The molecule has 0 radical (unpaired) electrons. The maximum absolute atomic E-state index is 12.2. The van der Waals surface area contributed by atoms with Gasteiger partial charge >= 0.3 is 0 Å². The molecule has 0 saturated carbocycles. The molecule has 0 unspecified atom stereocenters. The van der Waals surface area contributed by atoms with Gasteiger partial charge in [0.05, 0.1) is 6.10 Å². The van der Waals surface area contributed by atoms with E-state index in [0.29, 0.717) is 17.8 Å². The van der Waals surface area contributed by atoms with E-state index in [1.165, 1.54) is 0 Å². The second kappa shape index (κ2) is 5.28. The largest absolute Gasteiger partial charge is 0.348 e. The lowest BCUT2D eigenvalue weighted by Gasteiger charge is -2.49. The Morgan fingerprint density at radius 2 is 2.16 bits per heavy atom. The third-order valence-corrected chi connectivity index (χ3v) is 4.71. The molecule has 2 heterocycles. The molecular weight excluding hydrogens is 238 g/mol. The number of piperidine rings is 1. The van der Waals surface area contributed by atoms with Crippen LogP contribution in [-0.4, -0.2) is 17.7 Å². The van der Waals surface area contributed by atoms with E-state index in [1.807, 2.05) is 0 Å². The number of carbonyl (C=O) groups excluding carboxylic acids is 1. The zero-order valence-corrected chi connectivity index (χ0v) is 12.8. The van der Waals surface area contributed by atoms with Crippen molar-refractivity contribution >= 4 is 5.91 Å². The molecule has 2 rings (SSSR count). The van der Waals surface area contributed by atoms with Gasteiger partial charge < -0.3 is 10.1 Å². The topological polar surface area (TPSA) is 38.3 Å². The predicted octanol–water partition coefficient (Wildman–Crippen LogP) is 3.11. The summed E-state index contributed by atoms with van der Waals surface area (Å²) in [6.07, 6.45) is 6.26. The van der Waals surface area contributed by atoms with Crippen LogP contribution in [0.25, 0.3) is 0 Å². The SMILES string of the molecule is CC[C@H]1C[C@H](C)[C@@]2(C=C[C@@H](C)[C@H](C(C)C)O2)NC1=O. The number of hydrogen-bond donors (Lipinski definition) is 1. The Hall–Kier alpha value is -0.830. The van der Waals surface area contributed by atoms with Crippen molar-refractivity contribution in [3.8, 4) is 0 Å². The second-order valence-electron chi connectivity index (χ2n) is 6.57. The van der Waals surface area contributed by atoms with Crippen molar-refractivity contribution in [2.45, 2.75) is 59.3 Å². The minimum atomic E-state index is -0.579. The normalized spacial score (nSPS) is 42.7. The Morgan fingerprint density at radius 3 is 2.74 bits per heavy atom. The minimum absolute atomic E-state index is 0.134. The highest BCUT2D eigenvalue weighted by Gasteiger charge is 2.47. The lowest BCUT2D eigenvalue weighted by molar-refractivity contribution is -0.176. The molecule has 19 heavy (non-hydrogen) atoms. The van der Waals surface area contributed by atoms with Crippen LogP contribution in [0.2, 0.25) is 0 Å². The van der Waals surface area contributed by atoms with Crippen LogP contribution >= 0.6 is 0 Å². The highest BCUT2D eigenvalue weighted by Crippen LogP contribution is 2.39. The van der Waals surface area contributed by atoms with Gasteiger partial charge in [-0.1, -0.05) is 40.7 Å². The molecule has 3 heteroatoms. The summed E-state index contributed by atoms with van der Waals surface area (Å²) >= 11 is 0. The van der Waals surface area contributed by atoms with Crippen LogP contribution in [-0.2, 0) is 9.53 Å². The van der Waals surface area contributed by atoms with E-state index in [0.717, 1.165) is 12.8 Å². The Kier molecular flexibility index (Phi) is 4.05. The first kappa shape index (κ1) is 14.6. The molecule has 1 fully saturated rings. The number of ether oxygens (including phenoxy) is 1. The molecule has 5 atom stereocenters. The molecule has 0 aromatic heterocycles. The summed E-state index contributed by atoms with van der Waals surface area (Å²) in [5.74, 6) is 1.44. The van der Waals surface area contributed by atoms with Gasteiger partial charge in [-0.15, -0.1) is 0 Å². The number of amides is 1. The zero-order valence-electron chi connectivity index (χ0n) is 12.8. The van der Waals surface area contributed by atoms with Crippen LogP contribution < -0.4 is 5.32 Å². The van der Waals surface area contributed by atoms with E-state index in [9.17, 15) is 4.79 Å². The fourth-order valence-corrected chi connectivity index (χ4v) is 3.35. The zero-order chi connectivity index (χ0) is 14.2. The number of hydrogen-bond acceptors (Lipinski definition) is 2. The van der Waals surface area contributed by atoms with E-state index in [2.05, 4.69) is 52.1 Å². The Labute approximate surface area is 116 Å². The summed E-state index contributed by atoms with van der Waals surface area (Å²) < 4.78 is 6.35. The Balaban J connectivity index is 2.23. The number of nitrogens with one attached hydrogen (secondary N) is 1. The average molecular weight is 265 g/mol. The smallest absolute Gasteiger partial charge is 0.225 e. The highest BCUT2D eigenvalue weighted by molar-refractivity contribution is 5.80. The molecule has 108 valence electrons. The molecule has 0 aromatic carbocycles. The van der Waals surface area contributed by atoms with Crippen molar-refractivity contribution in [2.24, 2.45) is 23.7 Å². The van der Waals surface area contributed by atoms with Gasteiger partial charge in [0.15, 0.2) is 5.72 Å². The molecule has 2 aliphatic rings. The van der Waals surface area contributed by atoms with Crippen molar-refractivity contribution in [1.29, 1.82) is 0 Å². The molecule has 1 spiro atoms. The molecule has 1 saturated heterocycles. The van der Waals surface area contributed by atoms with Crippen molar-refractivity contribution in [3.05, 3.63) is 12.2 Å². The predicted molar refractivity (Wildman–Crippen MR) is 76.5 cm³/mol. The average Bonchev–Trinajstić information content (AvgIpc) is 2.36. The quantitative estimate of drug-likeness (QED) is 0.779. The van der Waals surface area contributed by atoms with Crippen LogP contribution in [0.5, 0.6) is 0 Å². The summed E-state index contributed by atoms with van der Waals surface area (Å²) in [5.41, 5.74) is -0.579. The summed E-state index contributed by atoms with van der Waals surface area (Å²) in [4.78, 5) is 12.2. The Bertz CT molecular complexity index is 377. The lowest BCUT2D eigenvalue weighted by atomic mass is 9.78. The summed E-state index contributed by atoms with van der Waals surface area (Å²) in [6.45, 7) is 10.8. The number of carbonyl (C=O) groups is 1. The van der Waals surface area contributed by atoms with Crippen LogP contribution in [0.15, 0.2) is 12.2 Å². The maximum Gasteiger partial charge on any atom is 0.225 e. The van der Waals surface area contributed by atoms with Gasteiger partial charge in [0.2, 0.25) is 5.91 Å². The standard InChI is InChI=1S/C16H27NO2/c1-6-13-9-12(5)16(17-15(13)18)8-7-11(4)14(19-16)10(2)3/h7-8,10-14H,6,9H2,1-5H3,(H,17,18)/t11-,12+,13+,14+,16+/m1/s1. The van der Waals surface area contributed by atoms with Crippen LogP contribution in [0.1, 0.15) is 47.5 Å². The number of rotatable bonds is 2. The van der Waals surface area contributed by atoms with Gasteiger partial charge in [0.25, 0.3) is 0 Å². The Morgan fingerprint density at radius 1 is 1.47 bits per heavy atom. The van der Waals surface area contributed by atoms with Crippen molar-refractivity contribution in [1.82, 2.24) is 5.32 Å². The first-order valence-electron chi connectivity index (χ1n) is 7.58. The molecule has 1 amide bonds. The monoisotopic (exact) mass is 265 g/mol. The van der Waals surface area contributed by atoms with E-state index >= 15 is 0 Å². The molecule has 0 bridgehead atoms. The van der Waals surface area contributed by atoms with Crippen LogP contribution in [0.4, 0.5) is 0 Å². The van der Waals surface area contributed by atoms with Gasteiger partial charge in [-0.25, -0.2) is 0 Å². The second-order valence-corrected chi connectivity index (χ2v) is 6.57. The van der Waals surface area contributed by atoms with E-state index < -0.39 is 5.72 Å². The van der Waals surface area contributed by atoms with E-state index in [1.54, 1.807) is 0 Å². The highest BCUT2D eigenvalue weighted by atomic mass is 16.5. The van der Waals surface area contributed by atoms with Gasteiger partial charge in [-0.2, -0.15) is 0 Å². The maximum atomic E-state index is 12.2. The third kappa shape index (κ3) is 2.58. The van der Waals surface area contributed by atoms with Gasteiger partial charge in [-0.3, -0.25) is 4.79 Å². The van der Waals surface area contributed by atoms with Crippen LogP contribution in [0, 0.1) is 23.7 Å².